The third-order valence-corrected chi connectivity index (χ3v) is 11.8. The number of carbonyl (C=O) groups excluding carboxylic acids is 5. The zero-order valence-electron chi connectivity index (χ0n) is 29.1. The maximum Gasteiger partial charge on any atom is 0.410 e. The van der Waals surface area contributed by atoms with Gasteiger partial charge in [0.15, 0.2) is 0 Å². The van der Waals surface area contributed by atoms with Crippen LogP contribution in [0.2, 0.25) is 0 Å². The Balaban J connectivity index is 1.24. The fourth-order valence-corrected chi connectivity index (χ4v) is 8.42. The maximum atomic E-state index is 14.4. The number of benzene rings is 1. The number of ether oxygens (including phenoxy) is 3. The van der Waals surface area contributed by atoms with Crippen LogP contribution < -0.4 is 15.4 Å². The Kier molecular flexibility index (Phi) is 10.2. The van der Waals surface area contributed by atoms with Gasteiger partial charge in [-0.1, -0.05) is 18.6 Å². The minimum atomic E-state index is -3.91. The van der Waals surface area contributed by atoms with Gasteiger partial charge < -0.3 is 29.7 Å². The van der Waals surface area contributed by atoms with Crippen molar-refractivity contribution in [1.82, 2.24) is 25.2 Å². The summed E-state index contributed by atoms with van der Waals surface area (Å²) < 4.78 is 59.0. The Labute approximate surface area is 296 Å². The molecule has 0 unspecified atom stereocenters. The Morgan fingerprint density at radius 2 is 1.82 bits per heavy atom. The summed E-state index contributed by atoms with van der Waals surface area (Å²) in [7, 11) is -3.91. The number of fused-ring (bicyclic) bond motifs is 3. The summed E-state index contributed by atoms with van der Waals surface area (Å²) in [6, 6.07) is 2.16. The first-order chi connectivity index (χ1) is 24.1. The Morgan fingerprint density at radius 3 is 2.53 bits per heavy atom. The van der Waals surface area contributed by atoms with Gasteiger partial charge in [-0.05, 0) is 70.4 Å². The van der Waals surface area contributed by atoms with E-state index in [0.717, 1.165) is 0 Å². The summed E-state index contributed by atoms with van der Waals surface area (Å²) in [4.78, 5) is 70.7. The standard InChI is InChI=1S/C34H46FN5O10S/c1-33(2,3)50-31(44)36-26-12-14-48-13-5-4-8-21-16-34(21,30(43)38-51(46,47)23-10-11-23)37-28(41)27-15-22(18-40(27)29(26)42)49-32(45)39-17-20-7-6-9-25(35)24(20)19-39/h6-7,9,21-23,26-27H,4-5,8,10-19H2,1-3H3,(H,36,44)(H,37,41)(H,38,43)/t21-,22+,26-,27-,34+/m0/s1. The van der Waals surface area contributed by atoms with E-state index in [0.29, 0.717) is 49.8 Å². The molecule has 0 bridgehead atoms. The van der Waals surface area contributed by atoms with Crippen LogP contribution in [0.25, 0.3) is 0 Å². The number of rotatable bonds is 5. The van der Waals surface area contributed by atoms with Crippen LogP contribution in [0.5, 0.6) is 0 Å². The third-order valence-electron chi connectivity index (χ3n) is 9.99. The molecule has 15 nitrogen and oxygen atoms in total. The van der Waals surface area contributed by atoms with E-state index >= 15 is 0 Å². The molecular weight excluding hydrogens is 689 g/mol. The minimum absolute atomic E-state index is 0.00914. The highest BCUT2D eigenvalue weighted by atomic mass is 32.2. The molecule has 51 heavy (non-hydrogen) atoms. The molecule has 4 fully saturated rings. The summed E-state index contributed by atoms with van der Waals surface area (Å²) >= 11 is 0. The number of nitrogens with zero attached hydrogens (tertiary/aromatic N) is 2. The van der Waals surface area contributed by atoms with Gasteiger partial charge in [-0.25, -0.2) is 22.4 Å². The van der Waals surface area contributed by atoms with Crippen molar-refractivity contribution in [3.8, 4) is 0 Å². The van der Waals surface area contributed by atoms with E-state index in [1.807, 2.05) is 0 Å². The van der Waals surface area contributed by atoms with Crippen LogP contribution in [0.1, 0.15) is 83.3 Å². The monoisotopic (exact) mass is 735 g/mol. The molecule has 5 aliphatic rings. The second-order valence-corrected chi connectivity index (χ2v) is 17.1. The molecule has 6 rings (SSSR count). The number of hydrogen-bond acceptors (Lipinski definition) is 10. The van der Waals surface area contributed by atoms with Crippen molar-refractivity contribution in [2.24, 2.45) is 5.92 Å². The summed E-state index contributed by atoms with van der Waals surface area (Å²) in [5.74, 6) is -2.99. The number of carbonyl (C=O) groups is 5. The molecule has 0 spiro atoms. The lowest BCUT2D eigenvalue weighted by molar-refractivity contribution is -0.141. The average Bonchev–Trinajstić information content (AvgIpc) is 3.93. The van der Waals surface area contributed by atoms with E-state index in [2.05, 4.69) is 15.4 Å². The Bertz CT molecular complexity index is 1680. The smallest absolute Gasteiger partial charge is 0.410 e. The minimum Gasteiger partial charge on any atom is -0.444 e. The lowest BCUT2D eigenvalue weighted by Gasteiger charge is -2.30. The number of amides is 5. The number of nitrogens with one attached hydrogen (secondary N) is 3. The van der Waals surface area contributed by atoms with Crippen molar-refractivity contribution in [3.05, 3.63) is 35.1 Å². The van der Waals surface area contributed by atoms with Gasteiger partial charge in [0.25, 0.3) is 5.91 Å². The zero-order valence-corrected chi connectivity index (χ0v) is 29.9. The lowest BCUT2D eigenvalue weighted by atomic mass is 10.1. The second-order valence-electron chi connectivity index (χ2n) is 15.1. The van der Waals surface area contributed by atoms with Crippen molar-refractivity contribution < 1.29 is 51.0 Å². The fraction of sp³-hybridized carbons (Fsp3) is 0.676. The number of halogens is 1. The lowest BCUT2D eigenvalue weighted by Crippen LogP contribution is -2.58. The topological polar surface area (TPSA) is 190 Å². The molecule has 3 heterocycles. The van der Waals surface area contributed by atoms with E-state index in [1.54, 1.807) is 32.9 Å². The van der Waals surface area contributed by atoms with Gasteiger partial charge in [0, 0.05) is 38.2 Å². The van der Waals surface area contributed by atoms with Crippen molar-refractivity contribution >= 4 is 39.9 Å². The summed E-state index contributed by atoms with van der Waals surface area (Å²) in [6.45, 7) is 5.37. The predicted molar refractivity (Wildman–Crippen MR) is 178 cm³/mol. The quantitative estimate of drug-likeness (QED) is 0.405. The van der Waals surface area contributed by atoms with Gasteiger partial charge >= 0.3 is 12.2 Å². The summed E-state index contributed by atoms with van der Waals surface area (Å²) in [5, 5.41) is 4.74. The second kappa shape index (κ2) is 14.2. The summed E-state index contributed by atoms with van der Waals surface area (Å²) in [5.41, 5.74) is -1.35. The molecule has 5 amide bonds. The number of alkyl carbamates (subject to hydrolysis) is 1. The number of sulfonamides is 1. The van der Waals surface area contributed by atoms with Gasteiger partial charge in [0.1, 0.15) is 35.1 Å². The van der Waals surface area contributed by atoms with Gasteiger partial charge in [-0.15, -0.1) is 0 Å². The van der Waals surface area contributed by atoms with Gasteiger partial charge in [0.2, 0.25) is 21.8 Å². The largest absolute Gasteiger partial charge is 0.444 e. The first kappa shape index (κ1) is 36.8. The molecule has 1 aromatic carbocycles. The van der Waals surface area contributed by atoms with Crippen molar-refractivity contribution in [3.63, 3.8) is 0 Å². The van der Waals surface area contributed by atoms with Gasteiger partial charge in [0.05, 0.1) is 18.3 Å². The van der Waals surface area contributed by atoms with E-state index < -0.39 is 80.3 Å². The highest BCUT2D eigenvalue weighted by molar-refractivity contribution is 7.91. The SMILES string of the molecule is CC(C)(C)OC(=O)N[C@H]1CCOCCCC[C@H]2C[C@@]2(C(=O)NS(=O)(=O)C2CC2)NC(=O)[C@@H]2C[C@@H](OC(=O)N3Cc4cccc(F)c4C3)CN2C1=O. The van der Waals surface area contributed by atoms with Crippen molar-refractivity contribution in [2.45, 2.75) is 120 Å². The normalized spacial score (nSPS) is 28.6. The molecule has 5 atom stereocenters. The Hall–Kier alpha value is -3.99. The number of hydrogen-bond donors (Lipinski definition) is 3. The first-order valence-electron chi connectivity index (χ1n) is 17.5. The van der Waals surface area contributed by atoms with Crippen molar-refractivity contribution in [2.75, 3.05) is 19.8 Å². The zero-order chi connectivity index (χ0) is 36.7. The van der Waals surface area contributed by atoms with Crippen molar-refractivity contribution in [1.29, 1.82) is 0 Å². The van der Waals surface area contributed by atoms with Crippen LogP contribution in [-0.4, -0.2) is 102 Å². The highest BCUT2D eigenvalue weighted by Gasteiger charge is 2.62. The van der Waals surface area contributed by atoms with Crippen LogP contribution >= 0.6 is 0 Å². The summed E-state index contributed by atoms with van der Waals surface area (Å²) in [6.07, 6.45) is 0.216. The molecule has 2 aliphatic carbocycles. The average molecular weight is 736 g/mol. The molecule has 3 aliphatic heterocycles. The fourth-order valence-electron chi connectivity index (χ4n) is 7.06. The van der Waals surface area contributed by atoms with E-state index in [-0.39, 0.29) is 51.4 Å². The molecular formula is C34H46FN5O10S. The van der Waals surface area contributed by atoms with E-state index in [4.69, 9.17) is 14.2 Å². The van der Waals surface area contributed by atoms with E-state index in [1.165, 1.54) is 15.9 Å². The van der Waals surface area contributed by atoms with Crippen LogP contribution in [0.4, 0.5) is 14.0 Å². The van der Waals surface area contributed by atoms with Crippen LogP contribution in [0.15, 0.2) is 18.2 Å². The van der Waals surface area contributed by atoms with Crippen LogP contribution in [-0.2, 0) is 51.7 Å². The van der Waals surface area contributed by atoms with E-state index in [9.17, 15) is 36.8 Å². The molecule has 2 saturated carbocycles. The molecule has 280 valence electrons. The van der Waals surface area contributed by atoms with Crippen LogP contribution in [0, 0.1) is 11.7 Å². The molecule has 2 saturated heterocycles. The Morgan fingerprint density at radius 1 is 1.06 bits per heavy atom. The molecule has 1 aromatic rings. The third kappa shape index (κ3) is 8.40. The maximum absolute atomic E-state index is 14.4. The van der Waals surface area contributed by atoms with Gasteiger partial charge in [-0.3, -0.25) is 24.0 Å². The molecule has 0 aromatic heterocycles. The molecule has 3 N–H and O–H groups in total. The predicted octanol–water partition coefficient (Wildman–Crippen LogP) is 2.21. The van der Waals surface area contributed by atoms with Gasteiger partial charge in [-0.2, -0.15) is 0 Å². The highest BCUT2D eigenvalue weighted by Crippen LogP contribution is 2.48. The molecule has 17 heteroatoms. The molecule has 0 radical (unpaired) electrons. The van der Waals surface area contributed by atoms with Crippen LogP contribution in [0.3, 0.4) is 0 Å². The first-order valence-corrected chi connectivity index (χ1v) is 19.1.